The van der Waals surface area contributed by atoms with Crippen molar-refractivity contribution in [2.24, 2.45) is 0 Å². The summed E-state index contributed by atoms with van der Waals surface area (Å²) in [5.74, 6) is 0. The van der Waals surface area contributed by atoms with E-state index in [1.54, 1.807) is 0 Å². The molecule has 2 N–H and O–H groups in total. The third-order valence-corrected chi connectivity index (χ3v) is 2.15. The molecule has 2 unspecified atom stereocenters. The number of hydrogen-bond acceptors (Lipinski definition) is 3. The molecule has 0 aliphatic carbocycles. The molecule has 3 nitrogen and oxygen atoms in total. The van der Waals surface area contributed by atoms with Crippen LogP contribution in [0, 0.1) is 0 Å². The zero-order chi connectivity index (χ0) is 11.1. The Morgan fingerprint density at radius 2 is 1.93 bits per heavy atom. The first kappa shape index (κ1) is 12.2. The largest absolute Gasteiger partial charge is 0.394 e. The summed E-state index contributed by atoms with van der Waals surface area (Å²) in [6.07, 6.45) is 0.0933. The highest BCUT2D eigenvalue weighted by Crippen LogP contribution is 2.05. The maximum absolute atomic E-state index is 9.10. The molecular weight excluding hydrogens is 192 g/mol. The minimum Gasteiger partial charge on any atom is -0.394 e. The summed E-state index contributed by atoms with van der Waals surface area (Å²) >= 11 is 0. The molecule has 0 heterocycles. The van der Waals surface area contributed by atoms with Crippen LogP contribution in [0.3, 0.4) is 0 Å². The van der Waals surface area contributed by atoms with Gasteiger partial charge >= 0.3 is 0 Å². The van der Waals surface area contributed by atoms with Gasteiger partial charge in [-0.15, -0.1) is 0 Å². The molecule has 15 heavy (non-hydrogen) atoms. The Bertz CT molecular complexity index is 261. The first-order valence-electron chi connectivity index (χ1n) is 5.17. The summed E-state index contributed by atoms with van der Waals surface area (Å²) in [4.78, 5) is 0. The Labute approximate surface area is 90.3 Å². The maximum Gasteiger partial charge on any atom is 0.100 e. The lowest BCUT2D eigenvalue weighted by Crippen LogP contribution is -2.23. The van der Waals surface area contributed by atoms with Crippen molar-refractivity contribution in [3.8, 4) is 0 Å². The van der Waals surface area contributed by atoms with Crippen LogP contribution in [-0.2, 0) is 11.2 Å². The molecule has 0 fully saturated rings. The van der Waals surface area contributed by atoms with Crippen LogP contribution in [0.1, 0.15) is 12.5 Å². The number of benzene rings is 1. The summed E-state index contributed by atoms with van der Waals surface area (Å²) in [5.41, 5.74) is 1.21. The van der Waals surface area contributed by atoms with Gasteiger partial charge in [-0.2, -0.15) is 0 Å². The molecule has 0 aliphatic heterocycles. The van der Waals surface area contributed by atoms with E-state index in [0.717, 1.165) is 6.42 Å². The molecule has 0 bridgehead atoms. The minimum absolute atomic E-state index is 0.0496. The summed E-state index contributed by atoms with van der Waals surface area (Å²) in [5, 5.41) is 17.7. The molecule has 0 saturated heterocycles. The number of aliphatic hydroxyl groups is 2. The van der Waals surface area contributed by atoms with Gasteiger partial charge in [0.15, 0.2) is 0 Å². The van der Waals surface area contributed by atoms with E-state index < -0.39 is 6.10 Å². The van der Waals surface area contributed by atoms with Gasteiger partial charge in [-0.3, -0.25) is 0 Å². The van der Waals surface area contributed by atoms with E-state index in [0.29, 0.717) is 0 Å². The Morgan fingerprint density at radius 1 is 1.27 bits per heavy atom. The third-order valence-electron chi connectivity index (χ3n) is 2.15. The van der Waals surface area contributed by atoms with Gasteiger partial charge in [0, 0.05) is 0 Å². The van der Waals surface area contributed by atoms with E-state index in [4.69, 9.17) is 14.9 Å². The van der Waals surface area contributed by atoms with Gasteiger partial charge in [-0.25, -0.2) is 0 Å². The van der Waals surface area contributed by atoms with Crippen LogP contribution in [0.2, 0.25) is 0 Å². The number of ether oxygens (including phenoxy) is 1. The van der Waals surface area contributed by atoms with E-state index in [-0.39, 0.29) is 19.3 Å². The van der Waals surface area contributed by atoms with Crippen LogP contribution in [0.5, 0.6) is 0 Å². The molecule has 3 heteroatoms. The molecule has 0 aromatic heterocycles. The molecular formula is C12H18O3. The zero-order valence-electron chi connectivity index (χ0n) is 8.97. The van der Waals surface area contributed by atoms with E-state index in [1.165, 1.54) is 5.56 Å². The molecule has 84 valence electrons. The zero-order valence-corrected chi connectivity index (χ0v) is 8.97. The van der Waals surface area contributed by atoms with Gasteiger partial charge in [-0.05, 0) is 18.9 Å². The highest BCUT2D eigenvalue weighted by molar-refractivity contribution is 5.15. The number of rotatable bonds is 6. The standard InChI is InChI=1S/C12H18O3/c1-10(15-9-12(14)8-13)7-11-5-3-2-4-6-11/h2-6,10,12-14H,7-9H2,1H3. The van der Waals surface area contributed by atoms with E-state index in [2.05, 4.69) is 0 Å². The van der Waals surface area contributed by atoms with Gasteiger partial charge in [0.1, 0.15) is 6.10 Å². The average Bonchev–Trinajstić information content (AvgIpc) is 2.27. The molecule has 1 aromatic rings. The lowest BCUT2D eigenvalue weighted by molar-refractivity contribution is -0.0221. The van der Waals surface area contributed by atoms with Gasteiger partial charge < -0.3 is 14.9 Å². The van der Waals surface area contributed by atoms with Gasteiger partial charge in [0.25, 0.3) is 0 Å². The lowest BCUT2D eigenvalue weighted by Gasteiger charge is -2.15. The van der Waals surface area contributed by atoms with Crippen molar-refractivity contribution in [1.82, 2.24) is 0 Å². The van der Waals surface area contributed by atoms with Crippen LogP contribution < -0.4 is 0 Å². The fraction of sp³-hybridized carbons (Fsp3) is 0.500. The molecule has 0 radical (unpaired) electrons. The summed E-state index contributed by atoms with van der Waals surface area (Å²) in [6, 6.07) is 10.0. The van der Waals surface area contributed by atoms with Crippen LogP contribution in [-0.4, -0.2) is 35.6 Å². The van der Waals surface area contributed by atoms with Crippen LogP contribution in [0.15, 0.2) is 30.3 Å². The monoisotopic (exact) mass is 210 g/mol. The molecule has 0 spiro atoms. The second-order valence-corrected chi connectivity index (χ2v) is 3.67. The molecule has 1 aromatic carbocycles. The normalized spacial score (nSPS) is 14.9. The van der Waals surface area contributed by atoms with Crippen molar-refractivity contribution >= 4 is 0 Å². The quantitative estimate of drug-likeness (QED) is 0.736. The highest BCUT2D eigenvalue weighted by atomic mass is 16.5. The third kappa shape index (κ3) is 4.93. The van der Waals surface area contributed by atoms with E-state index in [1.807, 2.05) is 37.3 Å². The SMILES string of the molecule is CC(Cc1ccccc1)OCC(O)CO. The maximum atomic E-state index is 9.10. The van der Waals surface area contributed by atoms with Crippen LogP contribution >= 0.6 is 0 Å². The molecule has 0 saturated carbocycles. The van der Waals surface area contributed by atoms with Gasteiger partial charge in [-0.1, -0.05) is 30.3 Å². The fourth-order valence-corrected chi connectivity index (χ4v) is 1.33. The number of aliphatic hydroxyl groups excluding tert-OH is 2. The van der Waals surface area contributed by atoms with Crippen molar-refractivity contribution in [2.45, 2.75) is 25.6 Å². The summed E-state index contributed by atoms with van der Waals surface area (Å²) in [7, 11) is 0. The molecule has 0 aliphatic rings. The Balaban J connectivity index is 2.27. The van der Waals surface area contributed by atoms with E-state index >= 15 is 0 Å². The van der Waals surface area contributed by atoms with Crippen LogP contribution in [0.25, 0.3) is 0 Å². The average molecular weight is 210 g/mol. The fourth-order valence-electron chi connectivity index (χ4n) is 1.33. The first-order chi connectivity index (χ1) is 7.22. The highest BCUT2D eigenvalue weighted by Gasteiger charge is 2.07. The van der Waals surface area contributed by atoms with Crippen molar-refractivity contribution in [3.63, 3.8) is 0 Å². The Kier molecular flexibility index (Phi) is 5.32. The van der Waals surface area contributed by atoms with Crippen molar-refractivity contribution in [1.29, 1.82) is 0 Å². The summed E-state index contributed by atoms with van der Waals surface area (Å²) < 4.78 is 5.39. The van der Waals surface area contributed by atoms with Crippen molar-refractivity contribution in [2.75, 3.05) is 13.2 Å². The lowest BCUT2D eigenvalue weighted by atomic mass is 10.1. The second-order valence-electron chi connectivity index (χ2n) is 3.67. The molecule has 2 atom stereocenters. The predicted molar refractivity (Wildman–Crippen MR) is 58.7 cm³/mol. The smallest absolute Gasteiger partial charge is 0.100 e. The molecule has 0 amide bonds. The predicted octanol–water partition coefficient (Wildman–Crippen LogP) is 0.987. The number of hydrogen-bond donors (Lipinski definition) is 2. The van der Waals surface area contributed by atoms with Crippen LogP contribution in [0.4, 0.5) is 0 Å². The van der Waals surface area contributed by atoms with Gasteiger partial charge in [0.05, 0.1) is 19.3 Å². The Morgan fingerprint density at radius 3 is 2.53 bits per heavy atom. The second kappa shape index (κ2) is 6.56. The van der Waals surface area contributed by atoms with E-state index in [9.17, 15) is 0 Å². The Hall–Kier alpha value is -0.900. The minimum atomic E-state index is -0.775. The topological polar surface area (TPSA) is 49.7 Å². The van der Waals surface area contributed by atoms with Crippen molar-refractivity contribution < 1.29 is 14.9 Å². The first-order valence-corrected chi connectivity index (χ1v) is 5.17. The summed E-state index contributed by atoms with van der Waals surface area (Å²) in [6.45, 7) is 1.89. The van der Waals surface area contributed by atoms with Crippen molar-refractivity contribution in [3.05, 3.63) is 35.9 Å². The molecule has 1 rings (SSSR count). The van der Waals surface area contributed by atoms with Gasteiger partial charge in [0.2, 0.25) is 0 Å².